The summed E-state index contributed by atoms with van der Waals surface area (Å²) in [6.45, 7) is 5.47. The number of thiol groups is 1. The van der Waals surface area contributed by atoms with E-state index in [1.54, 1.807) is 0 Å². The first-order chi connectivity index (χ1) is 5.09. The maximum Gasteiger partial charge on any atom is 0.203 e. The van der Waals surface area contributed by atoms with Crippen LogP contribution in [0.3, 0.4) is 0 Å². The van der Waals surface area contributed by atoms with Gasteiger partial charge < -0.3 is 0 Å². The van der Waals surface area contributed by atoms with Crippen LogP contribution in [0.1, 0.15) is 13.8 Å². The number of hydrogen-bond donors (Lipinski definition) is 1. The summed E-state index contributed by atoms with van der Waals surface area (Å²) >= 11 is 1.85. The van der Waals surface area contributed by atoms with Crippen LogP contribution in [0.4, 0.5) is 0 Å². The molecule has 2 unspecified atom stereocenters. The molecule has 1 aliphatic heterocycles. The number of hydrogen-bond acceptors (Lipinski definition) is 3. The van der Waals surface area contributed by atoms with Crippen molar-refractivity contribution in [3.8, 4) is 0 Å². The molecule has 0 aromatic heterocycles. The van der Waals surface area contributed by atoms with Crippen molar-refractivity contribution in [3.05, 3.63) is 0 Å². The van der Waals surface area contributed by atoms with Crippen molar-refractivity contribution in [1.29, 1.82) is 0 Å². The van der Waals surface area contributed by atoms with Gasteiger partial charge in [0.15, 0.2) is 0 Å². The second-order valence-electron chi connectivity index (χ2n) is 2.87. The fraction of sp³-hybridized carbons (Fsp3) is 1.00. The molecule has 2 atom stereocenters. The molecule has 0 bridgehead atoms. The van der Waals surface area contributed by atoms with E-state index in [1.807, 2.05) is 11.8 Å². The van der Waals surface area contributed by atoms with Crippen LogP contribution in [0.5, 0.6) is 0 Å². The van der Waals surface area contributed by atoms with Crippen molar-refractivity contribution < 1.29 is 8.42 Å². The predicted molar refractivity (Wildman–Crippen MR) is 48.4 cm³/mol. The van der Waals surface area contributed by atoms with E-state index in [9.17, 15) is 8.42 Å². The van der Waals surface area contributed by atoms with E-state index in [0.717, 1.165) is 0 Å². The smallest absolute Gasteiger partial charge is 0.203 e. The average molecular weight is 195 g/mol. The highest BCUT2D eigenvalue weighted by atomic mass is 32.2. The van der Waals surface area contributed by atoms with Gasteiger partial charge in [-0.05, 0) is 0 Å². The third-order valence-corrected chi connectivity index (χ3v) is 3.65. The zero-order valence-corrected chi connectivity index (χ0v) is 8.40. The molecule has 1 heterocycles. The minimum Gasteiger partial charge on any atom is -0.215 e. The Bertz CT molecular complexity index is 187. The molecule has 1 aliphatic rings. The minimum atomic E-state index is -2.35. The third kappa shape index (κ3) is 2.65. The molecule has 0 aliphatic carbocycles. The van der Waals surface area contributed by atoms with E-state index < -0.39 is 10.9 Å². The Balaban J connectivity index is 2.56. The van der Waals surface area contributed by atoms with Gasteiger partial charge in [-0.1, -0.05) is 13.8 Å². The molecule has 66 valence electrons. The first-order valence-electron chi connectivity index (χ1n) is 3.64. The monoisotopic (exact) mass is 195 g/mol. The largest absolute Gasteiger partial charge is 0.215 e. The molecular weight excluding hydrogens is 182 g/mol. The second kappa shape index (κ2) is 3.78. The van der Waals surface area contributed by atoms with Crippen LogP contribution in [0, 0.1) is 0 Å². The minimum absolute atomic E-state index is 0.437. The van der Waals surface area contributed by atoms with Gasteiger partial charge in [0.2, 0.25) is 10.9 Å². The van der Waals surface area contributed by atoms with Gasteiger partial charge >= 0.3 is 0 Å². The van der Waals surface area contributed by atoms with Crippen LogP contribution < -0.4 is 0 Å². The molecule has 0 radical (unpaired) electrons. The Kier molecular flexibility index (Phi) is 3.21. The molecule has 0 amide bonds. The molecule has 3 nitrogen and oxygen atoms in total. The topological polar surface area (TPSA) is 37.4 Å². The summed E-state index contributed by atoms with van der Waals surface area (Å²) in [7, 11) is -2.35. The predicted octanol–water partition coefficient (Wildman–Crippen LogP) is 0.339. The van der Waals surface area contributed by atoms with E-state index in [4.69, 9.17) is 0 Å². The molecule has 0 N–H and O–H groups in total. The first kappa shape index (κ1) is 9.35. The normalized spacial score (nSPS) is 34.5. The lowest BCUT2D eigenvalue weighted by molar-refractivity contribution is 0.419. The van der Waals surface area contributed by atoms with Gasteiger partial charge in [0.1, 0.15) is 0 Å². The highest BCUT2D eigenvalue weighted by Gasteiger charge is 2.23. The van der Waals surface area contributed by atoms with Gasteiger partial charge in [0.25, 0.3) is 0 Å². The van der Waals surface area contributed by atoms with Crippen LogP contribution in [0.2, 0.25) is 0 Å². The van der Waals surface area contributed by atoms with E-state index in [2.05, 4.69) is 13.8 Å². The molecule has 1 saturated heterocycles. The number of thioether (sulfide) groups is 1. The Hall–Kier alpha value is 0.260. The summed E-state index contributed by atoms with van der Waals surface area (Å²) in [6.07, 6.45) is 0. The summed E-state index contributed by atoms with van der Waals surface area (Å²) < 4.78 is 22.7. The van der Waals surface area contributed by atoms with Gasteiger partial charge in [0, 0.05) is 23.6 Å². The first-order valence-corrected chi connectivity index (χ1v) is 5.71. The van der Waals surface area contributed by atoms with Gasteiger partial charge in [0.05, 0.1) is 0 Å². The van der Waals surface area contributed by atoms with E-state index in [0.29, 0.717) is 23.6 Å². The highest BCUT2D eigenvalue weighted by molar-refractivity contribution is 8.00. The van der Waals surface area contributed by atoms with Gasteiger partial charge in [-0.25, -0.2) is 12.7 Å². The fourth-order valence-electron chi connectivity index (χ4n) is 1.28. The molecule has 1 rings (SSSR count). The highest BCUT2D eigenvalue weighted by Crippen LogP contribution is 2.24. The molecule has 11 heavy (non-hydrogen) atoms. The Morgan fingerprint density at radius 1 is 1.27 bits per heavy atom. The van der Waals surface area contributed by atoms with Crippen LogP contribution in [0.15, 0.2) is 0 Å². The van der Waals surface area contributed by atoms with Crippen LogP contribution >= 0.6 is 11.8 Å². The van der Waals surface area contributed by atoms with E-state index >= 15 is 0 Å². The maximum atomic E-state index is 10.6. The zero-order chi connectivity index (χ0) is 8.43. The molecule has 0 aromatic carbocycles. The fourth-order valence-corrected chi connectivity index (χ4v) is 3.59. The molecule has 0 saturated carbocycles. The molecule has 0 spiro atoms. The van der Waals surface area contributed by atoms with Crippen molar-refractivity contribution in [3.63, 3.8) is 0 Å². The quantitative estimate of drug-likeness (QED) is 0.613. The SMILES string of the molecule is CC1CN([SH](=O)=O)CC(C)S1. The lowest BCUT2D eigenvalue weighted by Gasteiger charge is -2.30. The molecule has 0 aromatic rings. The van der Waals surface area contributed by atoms with Crippen molar-refractivity contribution in [1.82, 2.24) is 4.31 Å². The molecule has 5 heteroatoms. The summed E-state index contributed by atoms with van der Waals surface area (Å²) in [4.78, 5) is 0. The second-order valence-corrected chi connectivity index (χ2v) is 5.79. The standard InChI is InChI=1S/C6H13NO2S2/c1-5-3-7(11(8)9)4-6(2)10-5/h5-6,11H,3-4H2,1-2H3. The van der Waals surface area contributed by atoms with Crippen LogP contribution in [-0.4, -0.2) is 36.3 Å². The van der Waals surface area contributed by atoms with Crippen LogP contribution in [-0.2, 0) is 10.9 Å². The van der Waals surface area contributed by atoms with Gasteiger partial charge in [-0.2, -0.15) is 11.8 Å². The average Bonchev–Trinajstić information content (AvgIpc) is 1.85. The van der Waals surface area contributed by atoms with Crippen molar-refractivity contribution in [2.45, 2.75) is 24.3 Å². The van der Waals surface area contributed by atoms with Gasteiger partial charge in [-0.15, -0.1) is 0 Å². The number of rotatable bonds is 1. The van der Waals surface area contributed by atoms with Gasteiger partial charge in [-0.3, -0.25) is 0 Å². The summed E-state index contributed by atoms with van der Waals surface area (Å²) in [5, 5.41) is 0.873. The summed E-state index contributed by atoms with van der Waals surface area (Å²) in [5.74, 6) is 0. The Morgan fingerprint density at radius 2 is 1.73 bits per heavy atom. The molecule has 1 fully saturated rings. The third-order valence-electron chi connectivity index (χ3n) is 1.63. The van der Waals surface area contributed by atoms with Crippen molar-refractivity contribution in [2.24, 2.45) is 0 Å². The van der Waals surface area contributed by atoms with Crippen molar-refractivity contribution in [2.75, 3.05) is 13.1 Å². The molecular formula is C6H13NO2S2. The van der Waals surface area contributed by atoms with Crippen LogP contribution in [0.25, 0.3) is 0 Å². The summed E-state index contributed by atoms with van der Waals surface area (Å²) in [6, 6.07) is 0. The lowest BCUT2D eigenvalue weighted by atomic mass is 10.4. The van der Waals surface area contributed by atoms with E-state index in [1.165, 1.54) is 4.31 Å². The lowest BCUT2D eigenvalue weighted by Crippen LogP contribution is -2.39. The Morgan fingerprint density at radius 3 is 2.09 bits per heavy atom. The summed E-state index contributed by atoms with van der Waals surface area (Å²) in [5.41, 5.74) is 0. The Labute approximate surface area is 73.2 Å². The van der Waals surface area contributed by atoms with E-state index in [-0.39, 0.29) is 0 Å². The number of nitrogens with zero attached hydrogens (tertiary/aromatic N) is 1. The zero-order valence-electron chi connectivity index (χ0n) is 6.69. The van der Waals surface area contributed by atoms with Crippen molar-refractivity contribution >= 4 is 22.7 Å². The maximum absolute atomic E-state index is 10.6.